The van der Waals surface area contributed by atoms with Crippen LogP contribution in [-0.4, -0.2) is 88.5 Å². The van der Waals surface area contributed by atoms with Gasteiger partial charge in [0.15, 0.2) is 10.8 Å². The summed E-state index contributed by atoms with van der Waals surface area (Å²) in [6.07, 6.45) is 3.54. The number of thiazole rings is 1. The first-order valence-electron chi connectivity index (χ1n) is 14.5. The lowest BCUT2D eigenvalue weighted by Crippen LogP contribution is -2.47. The number of carbonyl (C=O) groups excluding carboxylic acids is 1. The zero-order chi connectivity index (χ0) is 30.5. The van der Waals surface area contributed by atoms with Crippen LogP contribution >= 0.6 is 11.3 Å². The number of ether oxygens (including phenoxy) is 1. The summed E-state index contributed by atoms with van der Waals surface area (Å²) in [4.78, 5) is 37.5. The molecule has 4 aliphatic rings. The molecule has 43 heavy (non-hydrogen) atoms. The number of aliphatic imine (C=N–C) groups is 1. The van der Waals surface area contributed by atoms with Crippen molar-refractivity contribution in [1.29, 1.82) is 0 Å². The van der Waals surface area contributed by atoms with Crippen LogP contribution in [0.15, 0.2) is 46.0 Å². The standard InChI is InChI=1S/C30H34F3N5O4S/c1-3-42-28(41)23-20(35-26(27-34-10-12-43-27)36-24(23)18-5-4-6-19(31)17(18)2)14-38-16-30(32,33)25-21(38)7-11-37(25)15-29(8-9-29)13-22(39)40/h4-6,10,12,21,24-25H,3,7-9,11,13-16H2,1-2H3,(H,35,36)(H,39,40). The van der Waals surface area contributed by atoms with E-state index in [-0.39, 0.29) is 25.1 Å². The monoisotopic (exact) mass is 617 g/mol. The van der Waals surface area contributed by atoms with Crippen molar-refractivity contribution >= 4 is 29.1 Å². The number of amidine groups is 1. The number of alkyl halides is 2. The summed E-state index contributed by atoms with van der Waals surface area (Å²) in [5.41, 5.74) is 0.875. The van der Waals surface area contributed by atoms with Crippen LogP contribution in [0.1, 0.15) is 54.8 Å². The highest BCUT2D eigenvalue weighted by atomic mass is 32.1. The number of carboxylic acids is 1. The van der Waals surface area contributed by atoms with E-state index in [0.717, 1.165) is 12.8 Å². The topological polar surface area (TPSA) is 107 Å². The minimum absolute atomic E-state index is 0.00568. The van der Waals surface area contributed by atoms with Gasteiger partial charge in [-0.1, -0.05) is 12.1 Å². The summed E-state index contributed by atoms with van der Waals surface area (Å²) in [6, 6.07) is 2.10. The van der Waals surface area contributed by atoms with Gasteiger partial charge in [-0.2, -0.15) is 0 Å². The van der Waals surface area contributed by atoms with Crippen molar-refractivity contribution in [3.8, 4) is 0 Å². The average molecular weight is 618 g/mol. The highest BCUT2D eigenvalue weighted by Gasteiger charge is 2.61. The van der Waals surface area contributed by atoms with Crippen LogP contribution in [-0.2, 0) is 14.3 Å². The van der Waals surface area contributed by atoms with Crippen molar-refractivity contribution in [2.75, 3.05) is 32.8 Å². The normalized spacial score (nSPS) is 26.2. The van der Waals surface area contributed by atoms with Gasteiger partial charge in [0.2, 0.25) is 0 Å². The van der Waals surface area contributed by atoms with Gasteiger partial charge in [0.1, 0.15) is 11.9 Å². The molecule has 2 N–H and O–H groups in total. The van der Waals surface area contributed by atoms with Crippen LogP contribution < -0.4 is 5.32 Å². The molecule has 3 aliphatic heterocycles. The molecule has 3 unspecified atom stereocenters. The van der Waals surface area contributed by atoms with E-state index in [4.69, 9.17) is 9.73 Å². The predicted molar refractivity (Wildman–Crippen MR) is 154 cm³/mol. The molecule has 2 saturated heterocycles. The largest absolute Gasteiger partial charge is 0.481 e. The van der Waals surface area contributed by atoms with Gasteiger partial charge in [-0.3, -0.25) is 19.6 Å². The second-order valence-electron chi connectivity index (χ2n) is 11.9. The Balaban J connectivity index is 1.35. The average Bonchev–Trinajstić information content (AvgIpc) is 3.29. The van der Waals surface area contributed by atoms with Crippen LogP contribution in [0.3, 0.4) is 0 Å². The lowest BCUT2D eigenvalue weighted by Gasteiger charge is -2.32. The van der Waals surface area contributed by atoms with E-state index in [9.17, 15) is 19.1 Å². The van der Waals surface area contributed by atoms with E-state index in [1.54, 1.807) is 47.4 Å². The number of likely N-dealkylation sites (tertiary alicyclic amines) is 2. The molecule has 1 aromatic carbocycles. The molecule has 3 atom stereocenters. The van der Waals surface area contributed by atoms with Crippen molar-refractivity contribution in [1.82, 2.24) is 20.1 Å². The number of hydrogen-bond acceptors (Lipinski definition) is 9. The zero-order valence-electron chi connectivity index (χ0n) is 24.0. The van der Waals surface area contributed by atoms with E-state index in [2.05, 4.69) is 10.3 Å². The molecule has 3 fully saturated rings. The fourth-order valence-electron chi connectivity index (χ4n) is 6.89. The SMILES string of the molecule is CCOC(=O)C1=C(CN2CC(F)(F)C3C2CCN3CC2(CC(=O)O)CC2)NC(c2nccs2)=NC1c1cccc(F)c1C. The number of esters is 1. The second-order valence-corrected chi connectivity index (χ2v) is 12.8. The number of aliphatic carboxylic acids is 1. The molecule has 0 spiro atoms. The van der Waals surface area contributed by atoms with Gasteiger partial charge in [0.05, 0.1) is 31.2 Å². The third kappa shape index (κ3) is 5.69. The molecular weight excluding hydrogens is 583 g/mol. The maximum atomic E-state index is 15.7. The van der Waals surface area contributed by atoms with Crippen molar-refractivity contribution < 1.29 is 32.6 Å². The molecule has 4 heterocycles. The number of aromatic nitrogens is 1. The number of halogens is 3. The Kier molecular flexibility index (Phi) is 7.84. The summed E-state index contributed by atoms with van der Waals surface area (Å²) in [7, 11) is 0. The van der Waals surface area contributed by atoms with Crippen molar-refractivity contribution in [3.05, 3.63) is 63.0 Å². The Hall–Kier alpha value is -3.29. The first-order chi connectivity index (χ1) is 20.5. The highest BCUT2D eigenvalue weighted by molar-refractivity contribution is 7.11. The van der Waals surface area contributed by atoms with Crippen LogP contribution in [0.25, 0.3) is 0 Å². The van der Waals surface area contributed by atoms with E-state index in [0.29, 0.717) is 47.2 Å². The molecule has 230 valence electrons. The van der Waals surface area contributed by atoms with Crippen molar-refractivity contribution in [3.63, 3.8) is 0 Å². The van der Waals surface area contributed by atoms with E-state index in [1.165, 1.54) is 17.4 Å². The number of rotatable bonds is 10. The number of carbonyl (C=O) groups is 2. The number of nitrogens with one attached hydrogen (secondary N) is 1. The van der Waals surface area contributed by atoms with Crippen LogP contribution in [0, 0.1) is 18.2 Å². The zero-order valence-corrected chi connectivity index (χ0v) is 24.8. The van der Waals surface area contributed by atoms with Crippen LogP contribution in [0.4, 0.5) is 13.2 Å². The first kappa shape index (κ1) is 29.8. The molecule has 2 aromatic rings. The molecule has 0 bridgehead atoms. The number of hydrogen-bond donors (Lipinski definition) is 2. The number of carboxylic acid groups (broad SMARTS) is 1. The molecule has 1 saturated carbocycles. The molecule has 1 aliphatic carbocycles. The Morgan fingerprint density at radius 3 is 2.72 bits per heavy atom. The molecule has 0 radical (unpaired) electrons. The van der Waals surface area contributed by atoms with Gasteiger partial charge >= 0.3 is 11.9 Å². The third-order valence-electron chi connectivity index (χ3n) is 9.03. The lowest BCUT2D eigenvalue weighted by molar-refractivity contribution is -0.139. The number of nitrogens with zero attached hydrogens (tertiary/aromatic N) is 4. The van der Waals surface area contributed by atoms with Crippen molar-refractivity contribution in [2.45, 2.75) is 63.6 Å². The molecule has 9 nitrogen and oxygen atoms in total. The fourth-order valence-corrected chi connectivity index (χ4v) is 7.48. The third-order valence-corrected chi connectivity index (χ3v) is 9.81. The van der Waals surface area contributed by atoms with Gasteiger partial charge in [-0.05, 0) is 55.7 Å². The molecule has 0 amide bonds. The predicted octanol–water partition coefficient (Wildman–Crippen LogP) is 4.15. The summed E-state index contributed by atoms with van der Waals surface area (Å²) in [5.74, 6) is -4.68. The van der Waals surface area contributed by atoms with Gasteiger partial charge in [-0.25, -0.2) is 22.9 Å². The summed E-state index contributed by atoms with van der Waals surface area (Å²) in [6.45, 7) is 3.64. The maximum Gasteiger partial charge on any atom is 0.338 e. The number of benzene rings is 1. The summed E-state index contributed by atoms with van der Waals surface area (Å²) >= 11 is 1.33. The minimum atomic E-state index is -3.04. The molecule has 1 aromatic heterocycles. The second kappa shape index (κ2) is 11.3. The highest BCUT2D eigenvalue weighted by Crippen LogP contribution is 2.52. The number of fused-ring (bicyclic) bond motifs is 1. The van der Waals surface area contributed by atoms with Crippen LogP contribution in [0.2, 0.25) is 0 Å². The smallest absolute Gasteiger partial charge is 0.338 e. The lowest BCUT2D eigenvalue weighted by atomic mass is 9.92. The van der Waals surface area contributed by atoms with Gasteiger partial charge in [-0.15, -0.1) is 11.3 Å². The summed E-state index contributed by atoms with van der Waals surface area (Å²) in [5, 5.41) is 14.9. The first-order valence-corrected chi connectivity index (χ1v) is 15.4. The molecule has 13 heteroatoms. The van der Waals surface area contributed by atoms with Gasteiger partial charge in [0.25, 0.3) is 5.92 Å². The Morgan fingerprint density at radius 1 is 1.26 bits per heavy atom. The fraction of sp³-hybridized carbons (Fsp3) is 0.533. The van der Waals surface area contributed by atoms with Gasteiger partial charge in [0, 0.05) is 43.0 Å². The Labute approximate surface area is 251 Å². The van der Waals surface area contributed by atoms with E-state index in [1.807, 2.05) is 0 Å². The van der Waals surface area contributed by atoms with E-state index >= 15 is 8.78 Å². The quantitative estimate of drug-likeness (QED) is 0.383. The minimum Gasteiger partial charge on any atom is -0.481 e. The summed E-state index contributed by atoms with van der Waals surface area (Å²) < 4.78 is 51.6. The Morgan fingerprint density at radius 2 is 2.05 bits per heavy atom. The van der Waals surface area contributed by atoms with Gasteiger partial charge < -0.3 is 15.2 Å². The van der Waals surface area contributed by atoms with Crippen molar-refractivity contribution in [2.24, 2.45) is 10.4 Å². The van der Waals surface area contributed by atoms with E-state index < -0.39 is 53.8 Å². The Bertz CT molecular complexity index is 1480. The molecule has 6 rings (SSSR count). The molecular formula is C30H34F3N5O4S. The van der Waals surface area contributed by atoms with Crippen LogP contribution in [0.5, 0.6) is 0 Å². The maximum absolute atomic E-state index is 15.7.